The average molecular weight is 277 g/mol. The summed E-state index contributed by atoms with van der Waals surface area (Å²) >= 11 is 1.38. The van der Waals surface area contributed by atoms with Gasteiger partial charge < -0.3 is 10.1 Å². The highest BCUT2D eigenvalue weighted by Crippen LogP contribution is 2.27. The van der Waals surface area contributed by atoms with Crippen molar-refractivity contribution in [2.24, 2.45) is 0 Å². The maximum absolute atomic E-state index is 5.26. The Morgan fingerprint density at radius 2 is 2.00 bits per heavy atom. The van der Waals surface area contributed by atoms with Gasteiger partial charge in [0.2, 0.25) is 5.13 Å². The summed E-state index contributed by atoms with van der Waals surface area (Å²) in [5.41, 5.74) is 2.09. The SMILES string of the molecule is COc1ccc(-c2nsc(NC(C)(C)C)n2)cc1C. The highest BCUT2D eigenvalue weighted by molar-refractivity contribution is 7.09. The molecule has 2 aromatic rings. The zero-order chi connectivity index (χ0) is 14.0. The molecule has 5 heteroatoms. The minimum absolute atomic E-state index is 0.00731. The van der Waals surface area contributed by atoms with Crippen molar-refractivity contribution in [2.75, 3.05) is 12.4 Å². The van der Waals surface area contributed by atoms with Gasteiger partial charge in [-0.15, -0.1) is 0 Å². The molecule has 0 aliphatic carbocycles. The molecule has 0 fully saturated rings. The lowest BCUT2D eigenvalue weighted by Gasteiger charge is -2.18. The Balaban J connectivity index is 2.25. The molecule has 1 aromatic carbocycles. The van der Waals surface area contributed by atoms with Crippen molar-refractivity contribution < 1.29 is 4.74 Å². The minimum atomic E-state index is -0.00731. The van der Waals surface area contributed by atoms with Crippen LogP contribution in [-0.2, 0) is 0 Å². The van der Waals surface area contributed by atoms with Gasteiger partial charge in [0, 0.05) is 22.6 Å². The molecular formula is C14H19N3OS. The van der Waals surface area contributed by atoms with Crippen molar-refractivity contribution in [2.45, 2.75) is 33.2 Å². The molecule has 0 atom stereocenters. The molecule has 0 unspecified atom stereocenters. The molecule has 1 N–H and O–H groups in total. The molecule has 0 saturated carbocycles. The Kier molecular flexibility index (Phi) is 3.75. The van der Waals surface area contributed by atoms with Crippen LogP contribution in [0.15, 0.2) is 18.2 Å². The maximum atomic E-state index is 5.26. The lowest BCUT2D eigenvalue weighted by molar-refractivity contribution is 0.412. The van der Waals surface area contributed by atoms with Crippen LogP contribution in [-0.4, -0.2) is 22.0 Å². The number of hydrogen-bond acceptors (Lipinski definition) is 5. The first-order valence-corrected chi connectivity index (χ1v) is 6.93. The van der Waals surface area contributed by atoms with Gasteiger partial charge in [0.25, 0.3) is 0 Å². The van der Waals surface area contributed by atoms with Crippen LogP contribution in [0.5, 0.6) is 5.75 Å². The molecular weight excluding hydrogens is 258 g/mol. The molecule has 1 heterocycles. The van der Waals surface area contributed by atoms with Gasteiger partial charge >= 0.3 is 0 Å². The predicted octanol–water partition coefficient (Wildman–Crippen LogP) is 3.73. The van der Waals surface area contributed by atoms with Crippen LogP contribution in [0.25, 0.3) is 11.4 Å². The monoisotopic (exact) mass is 277 g/mol. The molecule has 0 spiro atoms. The van der Waals surface area contributed by atoms with Crippen molar-refractivity contribution in [3.8, 4) is 17.1 Å². The van der Waals surface area contributed by atoms with Crippen LogP contribution >= 0.6 is 11.5 Å². The highest BCUT2D eigenvalue weighted by atomic mass is 32.1. The molecule has 0 aliphatic heterocycles. The first kappa shape index (κ1) is 13.8. The van der Waals surface area contributed by atoms with Gasteiger partial charge in [0.05, 0.1) is 7.11 Å². The van der Waals surface area contributed by atoms with Gasteiger partial charge in [-0.2, -0.15) is 9.36 Å². The van der Waals surface area contributed by atoms with Gasteiger partial charge in [-0.3, -0.25) is 0 Å². The van der Waals surface area contributed by atoms with Crippen LogP contribution in [0, 0.1) is 6.92 Å². The van der Waals surface area contributed by atoms with Crippen molar-refractivity contribution >= 4 is 16.7 Å². The van der Waals surface area contributed by atoms with Gasteiger partial charge in [-0.25, -0.2) is 0 Å². The van der Waals surface area contributed by atoms with Crippen LogP contribution in [0.4, 0.5) is 5.13 Å². The summed E-state index contributed by atoms with van der Waals surface area (Å²) in [4.78, 5) is 4.52. The number of methoxy groups -OCH3 is 1. The number of aryl methyl sites for hydroxylation is 1. The van der Waals surface area contributed by atoms with E-state index >= 15 is 0 Å². The molecule has 1 aromatic heterocycles. The summed E-state index contributed by atoms with van der Waals surface area (Å²) in [5.74, 6) is 1.63. The van der Waals surface area contributed by atoms with E-state index in [1.165, 1.54) is 11.5 Å². The fourth-order valence-electron chi connectivity index (χ4n) is 1.73. The van der Waals surface area contributed by atoms with Crippen LogP contribution in [0.1, 0.15) is 26.3 Å². The van der Waals surface area contributed by atoms with E-state index in [2.05, 4.69) is 35.4 Å². The molecule has 0 radical (unpaired) electrons. The number of nitrogens with zero attached hydrogens (tertiary/aromatic N) is 2. The molecule has 2 rings (SSSR count). The number of hydrogen-bond donors (Lipinski definition) is 1. The summed E-state index contributed by atoms with van der Waals surface area (Å²) in [5, 5.41) is 4.17. The second kappa shape index (κ2) is 5.17. The molecule has 0 saturated heterocycles. The lowest BCUT2D eigenvalue weighted by Crippen LogP contribution is -2.25. The number of nitrogens with one attached hydrogen (secondary N) is 1. The Morgan fingerprint density at radius 1 is 1.26 bits per heavy atom. The lowest BCUT2D eigenvalue weighted by atomic mass is 10.1. The summed E-state index contributed by atoms with van der Waals surface area (Å²) in [6, 6.07) is 5.97. The van der Waals surface area contributed by atoms with Crippen molar-refractivity contribution in [1.82, 2.24) is 9.36 Å². The first-order chi connectivity index (χ1) is 8.89. The van der Waals surface area contributed by atoms with Gasteiger partial charge in [-0.05, 0) is 51.5 Å². The largest absolute Gasteiger partial charge is 0.496 e. The zero-order valence-electron chi connectivity index (χ0n) is 11.9. The predicted molar refractivity (Wildman–Crippen MR) is 80.0 cm³/mol. The second-order valence-electron chi connectivity index (χ2n) is 5.48. The minimum Gasteiger partial charge on any atom is -0.496 e. The number of benzene rings is 1. The highest BCUT2D eigenvalue weighted by Gasteiger charge is 2.14. The number of ether oxygens (including phenoxy) is 1. The van der Waals surface area contributed by atoms with E-state index in [1.54, 1.807) is 7.11 Å². The molecule has 0 aliphatic rings. The van der Waals surface area contributed by atoms with Crippen molar-refractivity contribution in [1.29, 1.82) is 0 Å². The smallest absolute Gasteiger partial charge is 0.203 e. The third-order valence-corrected chi connectivity index (χ3v) is 3.19. The standard InChI is InChI=1S/C14H19N3OS/c1-9-8-10(6-7-11(9)18-5)12-15-13(19-17-12)16-14(2,3)4/h6-8H,1-5H3,(H,15,16,17). The van der Waals surface area contributed by atoms with E-state index < -0.39 is 0 Å². The molecule has 0 amide bonds. The molecule has 19 heavy (non-hydrogen) atoms. The summed E-state index contributed by atoms with van der Waals surface area (Å²) < 4.78 is 9.65. The van der Waals surface area contributed by atoms with E-state index in [0.717, 1.165) is 27.8 Å². The second-order valence-corrected chi connectivity index (χ2v) is 6.23. The molecule has 102 valence electrons. The quantitative estimate of drug-likeness (QED) is 0.928. The third kappa shape index (κ3) is 3.44. The van der Waals surface area contributed by atoms with E-state index in [-0.39, 0.29) is 5.54 Å². The first-order valence-electron chi connectivity index (χ1n) is 6.16. The fraction of sp³-hybridized carbons (Fsp3) is 0.429. The van der Waals surface area contributed by atoms with Gasteiger partial charge in [-0.1, -0.05) is 0 Å². The third-order valence-electron chi connectivity index (χ3n) is 2.56. The molecule has 4 nitrogen and oxygen atoms in total. The summed E-state index contributed by atoms with van der Waals surface area (Å²) in [6.07, 6.45) is 0. The topological polar surface area (TPSA) is 47.0 Å². The van der Waals surface area contributed by atoms with Gasteiger partial charge in [0.15, 0.2) is 5.82 Å². The average Bonchev–Trinajstić information content (AvgIpc) is 2.75. The Bertz CT molecular complexity index is 572. The Labute approximate surface area is 118 Å². The number of aromatic nitrogens is 2. The van der Waals surface area contributed by atoms with Crippen LogP contribution < -0.4 is 10.1 Å². The maximum Gasteiger partial charge on any atom is 0.203 e. The zero-order valence-corrected chi connectivity index (χ0v) is 12.8. The Hall–Kier alpha value is -1.62. The van der Waals surface area contributed by atoms with Crippen molar-refractivity contribution in [3.05, 3.63) is 23.8 Å². The summed E-state index contributed by atoms with van der Waals surface area (Å²) in [7, 11) is 1.68. The van der Waals surface area contributed by atoms with E-state index in [4.69, 9.17) is 4.74 Å². The normalized spacial score (nSPS) is 11.4. The van der Waals surface area contributed by atoms with Crippen molar-refractivity contribution in [3.63, 3.8) is 0 Å². The van der Waals surface area contributed by atoms with Crippen LogP contribution in [0.2, 0.25) is 0 Å². The number of rotatable bonds is 3. The van der Waals surface area contributed by atoms with E-state index in [0.29, 0.717) is 0 Å². The fourth-order valence-corrected chi connectivity index (χ4v) is 2.53. The number of anilines is 1. The van der Waals surface area contributed by atoms with Crippen LogP contribution in [0.3, 0.4) is 0 Å². The summed E-state index contributed by atoms with van der Waals surface area (Å²) in [6.45, 7) is 8.33. The van der Waals surface area contributed by atoms with Gasteiger partial charge in [0.1, 0.15) is 5.75 Å². The molecule has 0 bridgehead atoms. The van der Waals surface area contributed by atoms with E-state index in [1.807, 2.05) is 25.1 Å². The Morgan fingerprint density at radius 3 is 2.58 bits per heavy atom. The van der Waals surface area contributed by atoms with E-state index in [9.17, 15) is 0 Å².